The van der Waals surface area contributed by atoms with E-state index in [0.717, 1.165) is 0 Å². The van der Waals surface area contributed by atoms with E-state index in [4.69, 9.17) is 16.3 Å². The van der Waals surface area contributed by atoms with Crippen molar-refractivity contribution in [3.05, 3.63) is 63.2 Å². The van der Waals surface area contributed by atoms with Crippen LogP contribution in [0.1, 0.15) is 5.56 Å². The Morgan fingerprint density at radius 3 is 2.80 bits per heavy atom. The van der Waals surface area contributed by atoms with Crippen LogP contribution < -0.4 is 4.74 Å². The van der Waals surface area contributed by atoms with Gasteiger partial charge < -0.3 is 4.74 Å². The molecular formula is C14H11ClN2O3. The van der Waals surface area contributed by atoms with E-state index in [2.05, 4.69) is 4.99 Å². The number of halogens is 1. The minimum Gasteiger partial charge on any atom is -0.495 e. The minimum atomic E-state index is -0.442. The van der Waals surface area contributed by atoms with Crippen molar-refractivity contribution >= 4 is 29.2 Å². The van der Waals surface area contributed by atoms with Crippen LogP contribution in [0.15, 0.2) is 47.5 Å². The SMILES string of the molecule is COc1cc(N=Cc2cccc([N+](=O)[O-])c2)ccc1Cl. The van der Waals surface area contributed by atoms with Gasteiger partial charge >= 0.3 is 0 Å². The maximum absolute atomic E-state index is 10.7. The molecule has 0 aromatic heterocycles. The molecule has 2 aromatic rings. The van der Waals surface area contributed by atoms with E-state index < -0.39 is 4.92 Å². The maximum atomic E-state index is 10.7. The van der Waals surface area contributed by atoms with E-state index in [9.17, 15) is 10.1 Å². The smallest absolute Gasteiger partial charge is 0.270 e. The van der Waals surface area contributed by atoms with Gasteiger partial charge in [-0.2, -0.15) is 0 Å². The van der Waals surface area contributed by atoms with Gasteiger partial charge in [0.2, 0.25) is 0 Å². The lowest BCUT2D eigenvalue weighted by atomic mass is 10.2. The number of nitro benzene ring substituents is 1. The first kappa shape index (κ1) is 14.0. The summed E-state index contributed by atoms with van der Waals surface area (Å²) in [7, 11) is 1.52. The van der Waals surface area contributed by atoms with Crippen LogP contribution in [0, 0.1) is 10.1 Å². The lowest BCUT2D eigenvalue weighted by Gasteiger charge is -2.03. The lowest BCUT2D eigenvalue weighted by Crippen LogP contribution is -1.89. The molecule has 5 nitrogen and oxygen atoms in total. The number of hydrogen-bond acceptors (Lipinski definition) is 4. The molecule has 0 saturated carbocycles. The summed E-state index contributed by atoms with van der Waals surface area (Å²) in [4.78, 5) is 14.5. The third-order valence-electron chi connectivity index (χ3n) is 2.58. The summed E-state index contributed by atoms with van der Waals surface area (Å²) >= 11 is 5.92. The molecule has 0 radical (unpaired) electrons. The van der Waals surface area contributed by atoms with Crippen LogP contribution >= 0.6 is 11.6 Å². The maximum Gasteiger partial charge on any atom is 0.270 e. The molecule has 0 spiro atoms. The molecule has 0 aliphatic heterocycles. The third-order valence-corrected chi connectivity index (χ3v) is 2.89. The van der Waals surface area contributed by atoms with Gasteiger partial charge in [0.15, 0.2) is 0 Å². The number of methoxy groups -OCH3 is 1. The van der Waals surface area contributed by atoms with Crippen LogP contribution in [0.5, 0.6) is 5.75 Å². The predicted molar refractivity (Wildman–Crippen MR) is 78.4 cm³/mol. The fourth-order valence-corrected chi connectivity index (χ4v) is 1.79. The summed E-state index contributed by atoms with van der Waals surface area (Å²) < 4.78 is 5.09. The predicted octanol–water partition coefficient (Wildman–Crippen LogP) is 4.01. The molecule has 0 fully saturated rings. The molecule has 6 heteroatoms. The number of aliphatic imine (C=N–C) groups is 1. The van der Waals surface area contributed by atoms with Crippen LogP contribution in [-0.4, -0.2) is 18.2 Å². The average molecular weight is 291 g/mol. The van der Waals surface area contributed by atoms with Crippen LogP contribution in [0.25, 0.3) is 0 Å². The van der Waals surface area contributed by atoms with Gasteiger partial charge in [-0.15, -0.1) is 0 Å². The van der Waals surface area contributed by atoms with Crippen molar-refractivity contribution in [3.63, 3.8) is 0 Å². The molecule has 0 aliphatic rings. The average Bonchev–Trinajstić information content (AvgIpc) is 2.46. The molecule has 20 heavy (non-hydrogen) atoms. The van der Waals surface area contributed by atoms with Crippen LogP contribution in [0.4, 0.5) is 11.4 Å². The van der Waals surface area contributed by atoms with Crippen LogP contribution in [-0.2, 0) is 0 Å². The van der Waals surface area contributed by atoms with Gasteiger partial charge in [-0.3, -0.25) is 15.1 Å². The Hall–Kier alpha value is -2.40. The van der Waals surface area contributed by atoms with E-state index in [-0.39, 0.29) is 5.69 Å². The Kier molecular flexibility index (Phi) is 4.32. The number of benzene rings is 2. The highest BCUT2D eigenvalue weighted by Gasteiger charge is 2.04. The van der Waals surface area contributed by atoms with Crippen LogP contribution in [0.3, 0.4) is 0 Å². The summed E-state index contributed by atoms with van der Waals surface area (Å²) in [6.07, 6.45) is 1.55. The Balaban J connectivity index is 2.25. The molecule has 0 atom stereocenters. The largest absolute Gasteiger partial charge is 0.495 e. The molecule has 0 saturated heterocycles. The second-order valence-corrected chi connectivity index (χ2v) is 4.34. The minimum absolute atomic E-state index is 0.0302. The normalized spacial score (nSPS) is 10.7. The van der Waals surface area contributed by atoms with Crippen molar-refractivity contribution in [1.29, 1.82) is 0 Å². The zero-order valence-corrected chi connectivity index (χ0v) is 11.4. The van der Waals surface area contributed by atoms with Crippen molar-refractivity contribution in [2.75, 3.05) is 7.11 Å². The van der Waals surface area contributed by atoms with Crippen molar-refractivity contribution in [2.24, 2.45) is 4.99 Å². The Bertz CT molecular complexity index is 671. The number of ether oxygens (including phenoxy) is 1. The van der Waals surface area contributed by atoms with Gasteiger partial charge in [-0.25, -0.2) is 0 Å². The molecule has 0 bridgehead atoms. The van der Waals surface area contributed by atoms with Gasteiger partial charge in [-0.1, -0.05) is 23.7 Å². The fourth-order valence-electron chi connectivity index (χ4n) is 1.60. The van der Waals surface area contributed by atoms with E-state index in [1.165, 1.54) is 19.2 Å². The fraction of sp³-hybridized carbons (Fsp3) is 0.0714. The highest BCUT2D eigenvalue weighted by atomic mass is 35.5. The van der Waals surface area contributed by atoms with Crippen molar-refractivity contribution < 1.29 is 9.66 Å². The first-order chi connectivity index (χ1) is 9.60. The standard InChI is InChI=1S/C14H11ClN2O3/c1-20-14-8-11(5-6-13(14)15)16-9-10-3-2-4-12(7-10)17(18)19/h2-9H,1H3. The van der Waals surface area contributed by atoms with Gasteiger partial charge in [-0.05, 0) is 17.7 Å². The van der Waals surface area contributed by atoms with E-state index in [1.807, 2.05) is 0 Å². The first-order valence-electron chi connectivity index (χ1n) is 5.72. The van der Waals surface area contributed by atoms with Crippen molar-refractivity contribution in [3.8, 4) is 5.75 Å². The van der Waals surface area contributed by atoms with Gasteiger partial charge in [0.25, 0.3) is 5.69 Å². The van der Waals surface area contributed by atoms with Crippen LogP contribution in [0.2, 0.25) is 5.02 Å². The van der Waals surface area contributed by atoms with E-state index in [0.29, 0.717) is 22.0 Å². The number of nitro groups is 1. The first-order valence-corrected chi connectivity index (χ1v) is 6.10. The molecule has 0 N–H and O–H groups in total. The second-order valence-electron chi connectivity index (χ2n) is 3.93. The zero-order valence-electron chi connectivity index (χ0n) is 10.6. The number of nitrogens with zero attached hydrogens (tertiary/aromatic N) is 2. The Morgan fingerprint density at radius 1 is 1.30 bits per heavy atom. The number of rotatable bonds is 4. The highest BCUT2D eigenvalue weighted by Crippen LogP contribution is 2.28. The van der Waals surface area contributed by atoms with Gasteiger partial charge in [0.05, 0.1) is 22.7 Å². The van der Waals surface area contributed by atoms with Gasteiger partial charge in [0, 0.05) is 24.4 Å². The quantitative estimate of drug-likeness (QED) is 0.485. The molecule has 0 aliphatic carbocycles. The lowest BCUT2D eigenvalue weighted by molar-refractivity contribution is -0.384. The molecule has 102 valence electrons. The van der Waals surface area contributed by atoms with Crippen molar-refractivity contribution in [1.82, 2.24) is 0 Å². The molecule has 2 aromatic carbocycles. The topological polar surface area (TPSA) is 64.7 Å². The Morgan fingerprint density at radius 2 is 2.10 bits per heavy atom. The highest BCUT2D eigenvalue weighted by molar-refractivity contribution is 6.32. The molecule has 0 unspecified atom stereocenters. The molecule has 2 rings (SSSR count). The summed E-state index contributed by atoms with van der Waals surface area (Å²) in [5.74, 6) is 0.528. The second kappa shape index (κ2) is 6.16. The third kappa shape index (κ3) is 3.33. The van der Waals surface area contributed by atoms with Crippen molar-refractivity contribution in [2.45, 2.75) is 0 Å². The zero-order chi connectivity index (χ0) is 14.5. The summed E-state index contributed by atoms with van der Waals surface area (Å²) in [5, 5.41) is 11.2. The monoisotopic (exact) mass is 290 g/mol. The Labute approximate surface area is 120 Å². The summed E-state index contributed by atoms with van der Waals surface area (Å²) in [6.45, 7) is 0. The summed E-state index contributed by atoms with van der Waals surface area (Å²) in [6, 6.07) is 11.3. The van der Waals surface area contributed by atoms with E-state index in [1.54, 1.807) is 36.5 Å². The van der Waals surface area contributed by atoms with Gasteiger partial charge in [0.1, 0.15) is 5.75 Å². The molecular weight excluding hydrogens is 280 g/mol. The number of non-ortho nitro benzene ring substituents is 1. The summed E-state index contributed by atoms with van der Waals surface area (Å²) in [5.41, 5.74) is 1.33. The number of hydrogen-bond donors (Lipinski definition) is 0. The van der Waals surface area contributed by atoms with E-state index >= 15 is 0 Å². The molecule has 0 heterocycles. The molecule has 0 amide bonds.